The average molecular weight is 286 g/mol. The standard InChI is InChI=1S/C15H21Cl2N/c1-2-18(14-6-4-3-5-7-14)15-10-13(17)9-8-12(15)11-16/h8-10,14H,2-7,11H2,1H3. The Morgan fingerprint density at radius 2 is 1.94 bits per heavy atom. The molecule has 1 nitrogen and oxygen atoms in total. The third kappa shape index (κ3) is 3.13. The van der Waals surface area contributed by atoms with E-state index >= 15 is 0 Å². The molecule has 0 radical (unpaired) electrons. The molecule has 1 aliphatic rings. The molecule has 0 bridgehead atoms. The van der Waals surface area contributed by atoms with Gasteiger partial charge in [0.25, 0.3) is 0 Å². The summed E-state index contributed by atoms with van der Waals surface area (Å²) in [6.45, 7) is 3.24. The van der Waals surface area contributed by atoms with Gasteiger partial charge in [0, 0.05) is 29.2 Å². The topological polar surface area (TPSA) is 3.24 Å². The molecular weight excluding hydrogens is 265 g/mol. The van der Waals surface area contributed by atoms with E-state index in [0.29, 0.717) is 11.9 Å². The third-order valence-electron chi connectivity index (χ3n) is 3.86. The zero-order valence-electron chi connectivity index (χ0n) is 11.0. The van der Waals surface area contributed by atoms with Crippen molar-refractivity contribution < 1.29 is 0 Å². The van der Waals surface area contributed by atoms with E-state index in [0.717, 1.165) is 11.6 Å². The van der Waals surface area contributed by atoms with Crippen molar-refractivity contribution in [3.8, 4) is 0 Å². The fraction of sp³-hybridized carbons (Fsp3) is 0.600. The maximum Gasteiger partial charge on any atom is 0.0494 e. The molecule has 100 valence electrons. The first-order valence-corrected chi connectivity index (χ1v) is 7.78. The number of halogens is 2. The normalized spacial score (nSPS) is 16.8. The van der Waals surface area contributed by atoms with Gasteiger partial charge in [-0.25, -0.2) is 0 Å². The van der Waals surface area contributed by atoms with Gasteiger partial charge in [-0.2, -0.15) is 0 Å². The number of anilines is 1. The Hall–Kier alpha value is -0.400. The smallest absolute Gasteiger partial charge is 0.0494 e. The lowest BCUT2D eigenvalue weighted by Gasteiger charge is -2.36. The summed E-state index contributed by atoms with van der Waals surface area (Å²) in [5.74, 6) is 0.551. The van der Waals surface area contributed by atoms with Crippen LogP contribution < -0.4 is 4.90 Å². The molecule has 0 aliphatic heterocycles. The van der Waals surface area contributed by atoms with Crippen molar-refractivity contribution in [3.63, 3.8) is 0 Å². The zero-order chi connectivity index (χ0) is 13.0. The summed E-state index contributed by atoms with van der Waals surface area (Å²) in [6, 6.07) is 6.70. The van der Waals surface area contributed by atoms with Crippen LogP contribution in [0.5, 0.6) is 0 Å². The number of nitrogens with zero attached hydrogens (tertiary/aromatic N) is 1. The highest BCUT2D eigenvalue weighted by atomic mass is 35.5. The predicted molar refractivity (Wildman–Crippen MR) is 80.9 cm³/mol. The van der Waals surface area contributed by atoms with E-state index in [2.05, 4.69) is 24.0 Å². The van der Waals surface area contributed by atoms with Crippen LogP contribution in [0.4, 0.5) is 5.69 Å². The molecule has 1 aliphatic carbocycles. The van der Waals surface area contributed by atoms with Gasteiger partial charge in [0.2, 0.25) is 0 Å². The van der Waals surface area contributed by atoms with Crippen LogP contribution in [0.25, 0.3) is 0 Å². The van der Waals surface area contributed by atoms with Gasteiger partial charge in [-0.3, -0.25) is 0 Å². The first-order chi connectivity index (χ1) is 8.76. The van der Waals surface area contributed by atoms with E-state index in [9.17, 15) is 0 Å². The quantitative estimate of drug-likeness (QED) is 0.684. The van der Waals surface area contributed by atoms with Crippen LogP contribution in [-0.4, -0.2) is 12.6 Å². The van der Waals surface area contributed by atoms with Gasteiger partial charge in [-0.15, -0.1) is 11.6 Å². The Kier molecular flexibility index (Phi) is 5.20. The van der Waals surface area contributed by atoms with Crippen molar-refractivity contribution in [2.45, 2.75) is 50.9 Å². The van der Waals surface area contributed by atoms with Crippen LogP contribution in [0, 0.1) is 0 Å². The minimum absolute atomic E-state index is 0.551. The van der Waals surface area contributed by atoms with Crippen molar-refractivity contribution in [2.24, 2.45) is 0 Å². The molecule has 18 heavy (non-hydrogen) atoms. The Bertz CT molecular complexity index is 386. The SMILES string of the molecule is CCN(c1cc(Cl)ccc1CCl)C1CCCCC1. The van der Waals surface area contributed by atoms with Crippen molar-refractivity contribution in [1.82, 2.24) is 0 Å². The first-order valence-electron chi connectivity index (χ1n) is 6.87. The Morgan fingerprint density at radius 1 is 1.22 bits per heavy atom. The summed E-state index contributed by atoms with van der Waals surface area (Å²) in [4.78, 5) is 2.49. The summed E-state index contributed by atoms with van der Waals surface area (Å²) in [6.07, 6.45) is 6.66. The van der Waals surface area contributed by atoms with Crippen molar-refractivity contribution in [1.29, 1.82) is 0 Å². The lowest BCUT2D eigenvalue weighted by Crippen LogP contribution is -2.37. The van der Waals surface area contributed by atoms with E-state index in [1.165, 1.54) is 43.4 Å². The van der Waals surface area contributed by atoms with Gasteiger partial charge in [-0.1, -0.05) is 36.9 Å². The second-order valence-corrected chi connectivity index (χ2v) is 5.69. The molecule has 0 N–H and O–H groups in total. The maximum absolute atomic E-state index is 6.14. The molecule has 0 unspecified atom stereocenters. The lowest BCUT2D eigenvalue weighted by molar-refractivity contribution is 0.418. The van der Waals surface area contributed by atoms with Gasteiger partial charge < -0.3 is 4.90 Å². The van der Waals surface area contributed by atoms with Gasteiger partial charge >= 0.3 is 0 Å². The Morgan fingerprint density at radius 3 is 2.56 bits per heavy atom. The van der Waals surface area contributed by atoms with E-state index in [1.54, 1.807) is 0 Å². The predicted octanol–water partition coefficient (Wildman–Crippen LogP) is 5.24. The van der Waals surface area contributed by atoms with Gasteiger partial charge in [0.05, 0.1) is 0 Å². The molecule has 1 fully saturated rings. The third-order valence-corrected chi connectivity index (χ3v) is 4.38. The van der Waals surface area contributed by atoms with E-state index < -0.39 is 0 Å². The van der Waals surface area contributed by atoms with Crippen LogP contribution >= 0.6 is 23.2 Å². The molecule has 0 heterocycles. The van der Waals surface area contributed by atoms with Crippen molar-refractivity contribution >= 4 is 28.9 Å². The molecule has 3 heteroatoms. The Labute approximate surface area is 120 Å². The number of rotatable bonds is 4. The first kappa shape index (κ1) is 14.0. The largest absolute Gasteiger partial charge is 0.369 e. The number of hydrogen-bond donors (Lipinski definition) is 0. The fourth-order valence-electron chi connectivity index (χ4n) is 2.94. The summed E-state index contributed by atoms with van der Waals surface area (Å²) < 4.78 is 0. The summed E-state index contributed by atoms with van der Waals surface area (Å²) >= 11 is 12.2. The van der Waals surface area contributed by atoms with E-state index in [1.807, 2.05) is 6.07 Å². The van der Waals surface area contributed by atoms with Gasteiger partial charge in [-0.05, 0) is 37.5 Å². The van der Waals surface area contributed by atoms with E-state index in [4.69, 9.17) is 23.2 Å². The fourth-order valence-corrected chi connectivity index (χ4v) is 3.33. The monoisotopic (exact) mass is 285 g/mol. The molecule has 0 amide bonds. The highest BCUT2D eigenvalue weighted by molar-refractivity contribution is 6.31. The maximum atomic E-state index is 6.14. The average Bonchev–Trinajstić information content (AvgIpc) is 2.41. The molecule has 0 saturated heterocycles. The number of alkyl halides is 1. The minimum Gasteiger partial charge on any atom is -0.369 e. The number of benzene rings is 1. The van der Waals surface area contributed by atoms with Crippen molar-refractivity contribution in [2.75, 3.05) is 11.4 Å². The lowest BCUT2D eigenvalue weighted by atomic mass is 9.93. The summed E-state index contributed by atoms with van der Waals surface area (Å²) in [5, 5.41) is 0.799. The van der Waals surface area contributed by atoms with Crippen LogP contribution in [-0.2, 0) is 5.88 Å². The molecule has 0 atom stereocenters. The van der Waals surface area contributed by atoms with Crippen molar-refractivity contribution in [3.05, 3.63) is 28.8 Å². The Balaban J connectivity index is 2.27. The highest BCUT2D eigenvalue weighted by Crippen LogP contribution is 2.32. The second-order valence-electron chi connectivity index (χ2n) is 4.98. The molecule has 0 aromatic heterocycles. The van der Waals surface area contributed by atoms with Gasteiger partial charge in [0.1, 0.15) is 0 Å². The molecule has 1 aromatic carbocycles. The van der Waals surface area contributed by atoms with Crippen LogP contribution in [0.2, 0.25) is 5.02 Å². The molecule has 0 spiro atoms. The van der Waals surface area contributed by atoms with Crippen LogP contribution in [0.3, 0.4) is 0 Å². The van der Waals surface area contributed by atoms with Gasteiger partial charge in [0.15, 0.2) is 0 Å². The summed E-state index contributed by atoms with van der Waals surface area (Å²) in [7, 11) is 0. The second kappa shape index (κ2) is 6.68. The van der Waals surface area contributed by atoms with Crippen LogP contribution in [0.1, 0.15) is 44.6 Å². The molecular formula is C15H21Cl2N. The molecule has 2 rings (SSSR count). The summed E-state index contributed by atoms with van der Waals surface area (Å²) in [5.41, 5.74) is 2.42. The van der Waals surface area contributed by atoms with Crippen LogP contribution in [0.15, 0.2) is 18.2 Å². The minimum atomic E-state index is 0.551. The zero-order valence-corrected chi connectivity index (χ0v) is 12.5. The highest BCUT2D eigenvalue weighted by Gasteiger charge is 2.22. The molecule has 1 aromatic rings. The number of hydrogen-bond acceptors (Lipinski definition) is 1. The molecule has 1 saturated carbocycles. The van der Waals surface area contributed by atoms with E-state index in [-0.39, 0.29) is 0 Å².